The Kier molecular flexibility index (Phi) is 7.72. The Morgan fingerprint density at radius 1 is 0.743 bits per heavy atom. The summed E-state index contributed by atoms with van der Waals surface area (Å²) in [4.78, 5) is 11.8. The summed E-state index contributed by atoms with van der Waals surface area (Å²) in [5, 5.41) is 0. The van der Waals surface area contributed by atoms with Crippen LogP contribution in [0.15, 0.2) is 71.7 Å². The molecule has 4 nitrogen and oxygen atoms in total. The molecule has 0 aliphatic carbocycles. The maximum atomic E-state index is 5.11. The molecule has 4 rings (SSSR count). The third kappa shape index (κ3) is 4.78. The van der Waals surface area contributed by atoms with Gasteiger partial charge < -0.3 is 14.7 Å². The van der Waals surface area contributed by atoms with E-state index in [4.69, 9.17) is 4.99 Å². The standard InChI is InChI=1S/C29H36N4S2/c1-8-33(9-2)25-18-19-26-27(20-25)30-28(34-7)35-29(26,21-10-14-23(15-11-21)31(3)4)22-12-16-24(17-13-22)32(5)6/h10-20H,8-9H2,1-7H3. The van der Waals surface area contributed by atoms with Crippen LogP contribution in [-0.2, 0) is 4.75 Å². The Balaban J connectivity index is 1.98. The fourth-order valence-electron chi connectivity index (χ4n) is 4.67. The molecule has 35 heavy (non-hydrogen) atoms. The van der Waals surface area contributed by atoms with E-state index in [1.54, 1.807) is 11.8 Å². The molecule has 0 spiro atoms. The monoisotopic (exact) mass is 504 g/mol. The third-order valence-electron chi connectivity index (χ3n) is 6.70. The maximum Gasteiger partial charge on any atom is 0.131 e. The minimum absolute atomic E-state index is 0.382. The van der Waals surface area contributed by atoms with Crippen molar-refractivity contribution in [2.24, 2.45) is 4.99 Å². The summed E-state index contributed by atoms with van der Waals surface area (Å²) < 4.78 is 0.704. The fourth-order valence-corrected chi connectivity index (χ4v) is 6.77. The van der Waals surface area contributed by atoms with Gasteiger partial charge in [0.15, 0.2) is 0 Å². The van der Waals surface area contributed by atoms with Gasteiger partial charge in [-0.2, -0.15) is 0 Å². The van der Waals surface area contributed by atoms with Crippen LogP contribution in [-0.4, -0.2) is 51.9 Å². The highest BCUT2D eigenvalue weighted by Gasteiger charge is 2.43. The summed E-state index contributed by atoms with van der Waals surface area (Å²) in [5.41, 5.74) is 8.46. The van der Waals surface area contributed by atoms with Crippen molar-refractivity contribution in [3.63, 3.8) is 0 Å². The first-order chi connectivity index (χ1) is 16.8. The molecule has 6 heteroatoms. The lowest BCUT2D eigenvalue weighted by molar-refractivity contribution is 0.860. The van der Waals surface area contributed by atoms with Gasteiger partial charge in [-0.3, -0.25) is 0 Å². The number of benzene rings is 3. The van der Waals surface area contributed by atoms with Crippen molar-refractivity contribution in [3.8, 4) is 0 Å². The van der Waals surface area contributed by atoms with Gasteiger partial charge in [-0.15, -0.1) is 11.8 Å². The number of nitrogens with zero attached hydrogens (tertiary/aromatic N) is 4. The van der Waals surface area contributed by atoms with Crippen molar-refractivity contribution in [3.05, 3.63) is 83.4 Å². The second-order valence-electron chi connectivity index (χ2n) is 9.12. The van der Waals surface area contributed by atoms with Crippen LogP contribution in [0, 0.1) is 0 Å². The van der Waals surface area contributed by atoms with Crippen LogP contribution >= 0.6 is 23.5 Å². The minimum Gasteiger partial charge on any atom is -0.378 e. The summed E-state index contributed by atoms with van der Waals surface area (Å²) in [5.74, 6) is 0. The molecule has 0 saturated heterocycles. The van der Waals surface area contributed by atoms with Crippen molar-refractivity contribution in [1.29, 1.82) is 0 Å². The molecule has 0 unspecified atom stereocenters. The first kappa shape index (κ1) is 25.5. The second-order valence-corrected chi connectivity index (χ2v) is 11.4. The SMILES string of the molecule is CCN(CC)c1ccc2c(c1)N=C(SC)SC2(c1ccc(N(C)C)cc1)c1ccc(N(C)C)cc1. The Labute approximate surface area is 219 Å². The van der Waals surface area contributed by atoms with Crippen LogP contribution < -0.4 is 14.7 Å². The van der Waals surface area contributed by atoms with Crippen molar-refractivity contribution in [2.45, 2.75) is 18.6 Å². The second kappa shape index (κ2) is 10.6. The summed E-state index contributed by atoms with van der Waals surface area (Å²) in [7, 11) is 8.34. The Morgan fingerprint density at radius 3 is 1.66 bits per heavy atom. The number of hydrogen-bond donors (Lipinski definition) is 0. The van der Waals surface area contributed by atoms with Crippen LogP contribution in [0.25, 0.3) is 0 Å². The quantitative estimate of drug-likeness (QED) is 0.343. The molecule has 184 valence electrons. The van der Waals surface area contributed by atoms with Gasteiger partial charge in [0.1, 0.15) is 4.38 Å². The number of aliphatic imine (C=N–C) groups is 1. The van der Waals surface area contributed by atoms with E-state index < -0.39 is 0 Å². The topological polar surface area (TPSA) is 22.1 Å². The molecule has 1 aliphatic rings. The van der Waals surface area contributed by atoms with E-state index in [9.17, 15) is 0 Å². The molecule has 0 fully saturated rings. The highest BCUT2D eigenvalue weighted by Crippen LogP contribution is 2.56. The van der Waals surface area contributed by atoms with Gasteiger partial charge in [-0.05, 0) is 67.6 Å². The fraction of sp³-hybridized carbons (Fsp3) is 0.345. The molecular weight excluding hydrogens is 468 g/mol. The predicted molar refractivity (Wildman–Crippen MR) is 160 cm³/mol. The number of hydrogen-bond acceptors (Lipinski definition) is 6. The third-order valence-corrected chi connectivity index (χ3v) is 9.15. The van der Waals surface area contributed by atoms with Crippen molar-refractivity contribution < 1.29 is 0 Å². The van der Waals surface area contributed by atoms with Gasteiger partial charge in [-0.1, -0.05) is 42.1 Å². The molecule has 0 amide bonds. The van der Waals surface area contributed by atoms with Crippen LogP contribution in [0.1, 0.15) is 30.5 Å². The van der Waals surface area contributed by atoms with E-state index in [-0.39, 0.29) is 4.75 Å². The molecule has 3 aromatic carbocycles. The van der Waals surface area contributed by atoms with Gasteiger partial charge in [0.25, 0.3) is 0 Å². The summed E-state index contributed by atoms with van der Waals surface area (Å²) in [6.45, 7) is 6.37. The molecule has 0 N–H and O–H groups in total. The Bertz CT molecular complexity index is 1130. The van der Waals surface area contributed by atoms with Crippen LogP contribution in [0.5, 0.6) is 0 Å². The lowest BCUT2D eigenvalue weighted by Crippen LogP contribution is -2.30. The maximum absolute atomic E-state index is 5.11. The van der Waals surface area contributed by atoms with E-state index in [1.165, 1.54) is 33.8 Å². The highest BCUT2D eigenvalue weighted by molar-refractivity contribution is 8.39. The smallest absolute Gasteiger partial charge is 0.131 e. The molecule has 3 aromatic rings. The lowest BCUT2D eigenvalue weighted by atomic mass is 9.82. The Hall–Kier alpha value is -2.57. The zero-order valence-corrected chi connectivity index (χ0v) is 23.5. The van der Waals surface area contributed by atoms with Crippen molar-refractivity contribution in [1.82, 2.24) is 0 Å². The zero-order valence-electron chi connectivity index (χ0n) is 21.9. The number of anilines is 3. The first-order valence-corrected chi connectivity index (χ1v) is 14.1. The van der Waals surface area contributed by atoms with Crippen LogP contribution in [0.2, 0.25) is 0 Å². The first-order valence-electron chi connectivity index (χ1n) is 12.1. The van der Waals surface area contributed by atoms with Gasteiger partial charge in [0.2, 0.25) is 0 Å². The van der Waals surface area contributed by atoms with Gasteiger partial charge >= 0.3 is 0 Å². The predicted octanol–water partition coefficient (Wildman–Crippen LogP) is 7.05. The summed E-state index contributed by atoms with van der Waals surface area (Å²) in [6.07, 6.45) is 2.13. The average Bonchev–Trinajstić information content (AvgIpc) is 2.88. The van der Waals surface area contributed by atoms with E-state index in [1.807, 2.05) is 11.8 Å². The van der Waals surface area contributed by atoms with E-state index >= 15 is 0 Å². The molecule has 0 atom stereocenters. The zero-order chi connectivity index (χ0) is 25.2. The lowest BCUT2D eigenvalue weighted by Gasteiger charge is -2.39. The Morgan fingerprint density at radius 2 is 1.23 bits per heavy atom. The van der Waals surface area contributed by atoms with E-state index in [0.29, 0.717) is 0 Å². The number of rotatable bonds is 7. The molecule has 1 heterocycles. The molecule has 0 bridgehead atoms. The van der Waals surface area contributed by atoms with Gasteiger partial charge in [-0.25, -0.2) is 4.99 Å². The molecule has 0 radical (unpaired) electrons. The highest BCUT2D eigenvalue weighted by atomic mass is 32.2. The van der Waals surface area contributed by atoms with E-state index in [2.05, 4.69) is 130 Å². The van der Waals surface area contributed by atoms with Crippen LogP contribution in [0.3, 0.4) is 0 Å². The average molecular weight is 505 g/mol. The van der Waals surface area contributed by atoms with Gasteiger partial charge in [0, 0.05) is 63.9 Å². The number of thioether (sulfide) groups is 2. The van der Waals surface area contributed by atoms with E-state index in [0.717, 1.165) is 23.2 Å². The number of fused-ring (bicyclic) bond motifs is 1. The summed E-state index contributed by atoms with van der Waals surface area (Å²) >= 11 is 3.58. The molecule has 0 aromatic heterocycles. The largest absolute Gasteiger partial charge is 0.378 e. The molecule has 0 saturated carbocycles. The summed E-state index contributed by atoms with van der Waals surface area (Å²) in [6, 6.07) is 24.9. The van der Waals surface area contributed by atoms with Gasteiger partial charge in [0.05, 0.1) is 10.4 Å². The normalized spacial score (nSPS) is 14.2. The molecular formula is C29H36N4S2. The van der Waals surface area contributed by atoms with Crippen LogP contribution in [0.4, 0.5) is 22.7 Å². The minimum atomic E-state index is -0.382. The van der Waals surface area contributed by atoms with Crippen molar-refractivity contribution in [2.75, 3.05) is 62.2 Å². The van der Waals surface area contributed by atoms with Crippen molar-refractivity contribution >= 4 is 50.6 Å². The molecule has 1 aliphatic heterocycles.